The van der Waals surface area contributed by atoms with Crippen LogP contribution in [0.2, 0.25) is 0 Å². The standard InChI is InChI=1S/C24H19FN8/c1-12-4-14(6-15(25)5-12)17-8-26-9-20-22(17)30-24(29-20)23-16-7-18(28-10-19(16)31-32-23)21-11-27-13(2)33(21)3/h4-11H,1-3H3,(H,29,30)(H,31,32). The number of hydrogen-bond acceptors (Lipinski definition) is 5. The summed E-state index contributed by atoms with van der Waals surface area (Å²) in [6.07, 6.45) is 6.98. The lowest BCUT2D eigenvalue weighted by atomic mass is 10.0. The van der Waals surface area contributed by atoms with Gasteiger partial charge in [-0.2, -0.15) is 5.10 Å². The smallest absolute Gasteiger partial charge is 0.159 e. The third-order valence-corrected chi connectivity index (χ3v) is 5.90. The third-order valence-electron chi connectivity index (χ3n) is 5.90. The highest BCUT2D eigenvalue weighted by molar-refractivity contribution is 5.97. The Morgan fingerprint density at radius 2 is 1.82 bits per heavy atom. The summed E-state index contributed by atoms with van der Waals surface area (Å²) in [4.78, 5) is 21.4. The van der Waals surface area contributed by atoms with Crippen LogP contribution in [0.25, 0.3) is 56.0 Å². The van der Waals surface area contributed by atoms with Crippen LogP contribution in [0.1, 0.15) is 11.4 Å². The van der Waals surface area contributed by atoms with Crippen molar-refractivity contribution in [1.82, 2.24) is 39.7 Å². The zero-order chi connectivity index (χ0) is 22.7. The number of hydrogen-bond donors (Lipinski definition) is 2. The van der Waals surface area contributed by atoms with E-state index in [-0.39, 0.29) is 5.82 Å². The summed E-state index contributed by atoms with van der Waals surface area (Å²) in [5.74, 6) is 1.21. The summed E-state index contributed by atoms with van der Waals surface area (Å²) in [5.41, 5.74) is 6.95. The average Bonchev–Trinajstić information content (AvgIpc) is 3.49. The Morgan fingerprint density at radius 3 is 2.61 bits per heavy atom. The zero-order valence-electron chi connectivity index (χ0n) is 18.2. The molecule has 8 nitrogen and oxygen atoms in total. The van der Waals surface area contributed by atoms with Crippen molar-refractivity contribution in [3.63, 3.8) is 0 Å². The van der Waals surface area contributed by atoms with E-state index < -0.39 is 0 Å². The fourth-order valence-corrected chi connectivity index (χ4v) is 4.13. The highest BCUT2D eigenvalue weighted by Crippen LogP contribution is 2.32. The molecule has 0 saturated heterocycles. The number of aromatic nitrogens is 8. The van der Waals surface area contributed by atoms with Crippen molar-refractivity contribution in [1.29, 1.82) is 0 Å². The van der Waals surface area contributed by atoms with E-state index in [9.17, 15) is 4.39 Å². The molecular weight excluding hydrogens is 419 g/mol. The second-order valence-corrected chi connectivity index (χ2v) is 8.12. The molecule has 162 valence electrons. The van der Waals surface area contributed by atoms with Crippen molar-refractivity contribution >= 4 is 21.9 Å². The van der Waals surface area contributed by atoms with Gasteiger partial charge in [-0.05, 0) is 43.2 Å². The molecule has 0 atom stereocenters. The Labute approximate surface area is 187 Å². The predicted molar refractivity (Wildman–Crippen MR) is 124 cm³/mol. The van der Waals surface area contributed by atoms with Gasteiger partial charge in [0.05, 0.1) is 46.5 Å². The second kappa shape index (κ2) is 7.06. The molecule has 2 N–H and O–H groups in total. The largest absolute Gasteiger partial charge is 0.335 e. The average molecular weight is 438 g/mol. The van der Waals surface area contributed by atoms with E-state index in [1.54, 1.807) is 18.6 Å². The monoisotopic (exact) mass is 438 g/mol. The Morgan fingerprint density at radius 1 is 0.939 bits per heavy atom. The molecule has 5 heterocycles. The summed E-state index contributed by atoms with van der Waals surface area (Å²) < 4.78 is 16.0. The molecule has 0 aliphatic carbocycles. The van der Waals surface area contributed by atoms with E-state index in [1.165, 1.54) is 12.1 Å². The third kappa shape index (κ3) is 3.08. The SMILES string of the molecule is Cc1cc(F)cc(-c2cncc3[nH]c(-c4n[nH]c5cnc(-c6cnc(C)n6C)cc45)nc23)c1. The van der Waals surface area contributed by atoms with E-state index in [0.717, 1.165) is 50.3 Å². The molecule has 0 amide bonds. The lowest BCUT2D eigenvalue weighted by Gasteiger charge is -2.04. The maximum absolute atomic E-state index is 14.0. The Balaban J connectivity index is 1.52. The lowest BCUT2D eigenvalue weighted by Crippen LogP contribution is -1.95. The number of rotatable bonds is 3. The molecule has 9 heteroatoms. The predicted octanol–water partition coefficient (Wildman–Crippen LogP) is 4.72. The minimum Gasteiger partial charge on any atom is -0.335 e. The number of aromatic amines is 2. The molecular formula is C24H19FN8. The van der Waals surface area contributed by atoms with Gasteiger partial charge in [-0.1, -0.05) is 6.07 Å². The van der Waals surface area contributed by atoms with Gasteiger partial charge in [-0.25, -0.2) is 14.4 Å². The molecule has 0 fully saturated rings. The summed E-state index contributed by atoms with van der Waals surface area (Å²) in [6, 6.07) is 6.90. The van der Waals surface area contributed by atoms with Crippen molar-refractivity contribution in [2.24, 2.45) is 7.05 Å². The van der Waals surface area contributed by atoms with Crippen LogP contribution in [0.4, 0.5) is 4.39 Å². The number of H-pyrrole nitrogens is 2. The first-order chi connectivity index (χ1) is 16.0. The van der Waals surface area contributed by atoms with E-state index >= 15 is 0 Å². The Kier molecular flexibility index (Phi) is 4.13. The maximum Gasteiger partial charge on any atom is 0.159 e. The van der Waals surface area contributed by atoms with Crippen LogP contribution in [-0.4, -0.2) is 39.7 Å². The molecule has 0 bridgehead atoms. The first-order valence-electron chi connectivity index (χ1n) is 10.4. The minimum atomic E-state index is -0.290. The number of fused-ring (bicyclic) bond motifs is 2. The molecule has 0 unspecified atom stereocenters. The van der Waals surface area contributed by atoms with Crippen LogP contribution in [0.15, 0.2) is 49.1 Å². The first-order valence-corrected chi connectivity index (χ1v) is 10.4. The van der Waals surface area contributed by atoms with Gasteiger partial charge in [0.15, 0.2) is 5.82 Å². The number of halogens is 1. The topological polar surface area (TPSA) is 101 Å². The number of aryl methyl sites for hydroxylation is 2. The molecule has 0 aliphatic rings. The van der Waals surface area contributed by atoms with Gasteiger partial charge in [-0.3, -0.25) is 15.1 Å². The van der Waals surface area contributed by atoms with Crippen molar-refractivity contribution in [3.8, 4) is 34.0 Å². The molecule has 33 heavy (non-hydrogen) atoms. The normalized spacial score (nSPS) is 11.6. The molecule has 0 aliphatic heterocycles. The minimum absolute atomic E-state index is 0.290. The number of benzene rings is 1. The van der Waals surface area contributed by atoms with Crippen LogP contribution in [0, 0.1) is 19.7 Å². The summed E-state index contributed by atoms with van der Waals surface area (Å²) >= 11 is 0. The van der Waals surface area contributed by atoms with E-state index in [1.807, 2.05) is 43.8 Å². The maximum atomic E-state index is 14.0. The number of nitrogens with one attached hydrogen (secondary N) is 2. The van der Waals surface area contributed by atoms with Crippen molar-refractivity contribution in [3.05, 3.63) is 66.3 Å². The fourth-order valence-electron chi connectivity index (χ4n) is 4.13. The fraction of sp³-hybridized carbons (Fsp3) is 0.125. The van der Waals surface area contributed by atoms with Crippen LogP contribution >= 0.6 is 0 Å². The summed E-state index contributed by atoms with van der Waals surface area (Å²) in [7, 11) is 1.96. The van der Waals surface area contributed by atoms with Gasteiger partial charge in [0.2, 0.25) is 0 Å². The van der Waals surface area contributed by atoms with Gasteiger partial charge in [0.1, 0.15) is 17.3 Å². The summed E-state index contributed by atoms with van der Waals surface area (Å²) in [5, 5.41) is 8.41. The van der Waals surface area contributed by atoms with E-state index in [4.69, 9.17) is 4.98 Å². The highest BCUT2D eigenvalue weighted by atomic mass is 19.1. The molecule has 1 aromatic carbocycles. The first kappa shape index (κ1) is 19.3. The number of pyridine rings is 2. The van der Waals surface area contributed by atoms with Crippen LogP contribution in [0.3, 0.4) is 0 Å². The van der Waals surface area contributed by atoms with Gasteiger partial charge in [0, 0.05) is 24.2 Å². The zero-order valence-corrected chi connectivity index (χ0v) is 18.2. The van der Waals surface area contributed by atoms with E-state index in [0.29, 0.717) is 17.0 Å². The quantitative estimate of drug-likeness (QED) is 0.416. The van der Waals surface area contributed by atoms with E-state index in [2.05, 4.69) is 30.1 Å². The Bertz CT molecular complexity index is 1650. The molecule has 0 radical (unpaired) electrons. The lowest BCUT2D eigenvalue weighted by molar-refractivity contribution is 0.627. The summed E-state index contributed by atoms with van der Waals surface area (Å²) in [6.45, 7) is 3.81. The second-order valence-electron chi connectivity index (χ2n) is 8.12. The number of imidazole rings is 2. The highest BCUT2D eigenvalue weighted by Gasteiger charge is 2.17. The molecule has 6 rings (SSSR count). The van der Waals surface area contributed by atoms with Crippen LogP contribution < -0.4 is 0 Å². The molecule has 6 aromatic rings. The van der Waals surface area contributed by atoms with Gasteiger partial charge in [0.25, 0.3) is 0 Å². The van der Waals surface area contributed by atoms with Gasteiger partial charge in [-0.15, -0.1) is 0 Å². The van der Waals surface area contributed by atoms with Crippen LogP contribution in [-0.2, 0) is 7.05 Å². The van der Waals surface area contributed by atoms with Gasteiger partial charge < -0.3 is 9.55 Å². The Hall–Kier alpha value is -4.40. The van der Waals surface area contributed by atoms with Crippen LogP contribution in [0.5, 0.6) is 0 Å². The van der Waals surface area contributed by atoms with Crippen molar-refractivity contribution in [2.75, 3.05) is 0 Å². The molecule has 0 saturated carbocycles. The van der Waals surface area contributed by atoms with Crippen molar-refractivity contribution < 1.29 is 4.39 Å². The molecule has 5 aromatic heterocycles. The van der Waals surface area contributed by atoms with Gasteiger partial charge >= 0.3 is 0 Å². The molecule has 0 spiro atoms. The number of nitrogens with zero attached hydrogens (tertiary/aromatic N) is 6. The van der Waals surface area contributed by atoms with Crippen molar-refractivity contribution in [2.45, 2.75) is 13.8 Å².